The molecule has 27 heavy (non-hydrogen) atoms. The lowest BCUT2D eigenvalue weighted by atomic mass is 10.2. The monoisotopic (exact) mass is 410 g/mol. The van der Waals surface area contributed by atoms with Gasteiger partial charge in [-0.3, -0.25) is 0 Å². The van der Waals surface area contributed by atoms with Gasteiger partial charge in [-0.2, -0.15) is 0 Å². The van der Waals surface area contributed by atoms with E-state index in [-0.39, 0.29) is 5.75 Å². The molecule has 1 aliphatic heterocycles. The quantitative estimate of drug-likeness (QED) is 0.567. The zero-order valence-electron chi connectivity index (χ0n) is 16.4. The van der Waals surface area contributed by atoms with E-state index in [0.29, 0.717) is 6.42 Å². The Morgan fingerprint density at radius 1 is 0.926 bits per heavy atom. The highest BCUT2D eigenvalue weighted by molar-refractivity contribution is 7.99. The first-order chi connectivity index (χ1) is 12.6. The number of hydrogen-bond donors (Lipinski definition) is 3. The van der Waals surface area contributed by atoms with Gasteiger partial charge in [0.15, 0.2) is 0 Å². The van der Waals surface area contributed by atoms with Crippen molar-refractivity contribution in [2.45, 2.75) is 23.1 Å². The predicted molar refractivity (Wildman–Crippen MR) is 110 cm³/mol. The lowest BCUT2D eigenvalue weighted by molar-refractivity contribution is -0.786. The molecule has 0 fully saturated rings. The highest BCUT2D eigenvalue weighted by atomic mass is 32.2. The number of anilines is 2. The molecule has 148 valence electrons. The van der Waals surface area contributed by atoms with Gasteiger partial charge < -0.3 is 19.7 Å². The van der Waals surface area contributed by atoms with E-state index in [1.54, 1.807) is 6.92 Å². The molecule has 3 N–H and O–H groups in total. The van der Waals surface area contributed by atoms with Gasteiger partial charge >= 0.3 is 0 Å². The lowest BCUT2D eigenvalue weighted by Crippen LogP contribution is -3.00. The average Bonchev–Trinajstić information content (AvgIpc) is 2.58. The first-order valence-corrected chi connectivity index (χ1v) is 11.3. The van der Waals surface area contributed by atoms with Crippen LogP contribution in [0, 0.1) is 0 Å². The van der Waals surface area contributed by atoms with Crippen LogP contribution in [0.25, 0.3) is 0 Å². The van der Waals surface area contributed by atoms with Crippen molar-refractivity contribution in [1.29, 1.82) is 0 Å². The Bertz CT molecular complexity index is 842. The Hall–Kier alpha value is -1.58. The number of benzene rings is 2. The molecule has 6 nitrogen and oxygen atoms in total. The maximum atomic E-state index is 9.68. The summed E-state index contributed by atoms with van der Waals surface area (Å²) in [6.45, 7) is 1.65. The Balaban J connectivity index is 0.000000321. The SMILES string of the molecule is CCCS(=O)(=O)[O-].C[NH+](C)c1ccc2c(c1)Sc1cc([NH+](C)C)ccc1N2. The average molecular weight is 411 g/mol. The lowest BCUT2D eigenvalue weighted by Gasteiger charge is -2.22. The van der Waals surface area contributed by atoms with E-state index >= 15 is 0 Å². The van der Waals surface area contributed by atoms with Crippen molar-refractivity contribution >= 4 is 44.6 Å². The van der Waals surface area contributed by atoms with Crippen LogP contribution >= 0.6 is 11.8 Å². The Kier molecular flexibility index (Phi) is 7.30. The molecular formula is C19H28N3O3S2+. The van der Waals surface area contributed by atoms with Crippen molar-refractivity contribution in [2.75, 3.05) is 39.3 Å². The second-order valence-corrected chi connectivity index (χ2v) is 9.52. The third kappa shape index (κ3) is 6.22. The summed E-state index contributed by atoms with van der Waals surface area (Å²) < 4.78 is 29.0. The molecule has 0 saturated carbocycles. The van der Waals surface area contributed by atoms with Crippen LogP contribution in [0.3, 0.4) is 0 Å². The highest BCUT2D eigenvalue weighted by Crippen LogP contribution is 2.45. The number of fused-ring (bicyclic) bond motifs is 2. The number of hydrogen-bond acceptors (Lipinski definition) is 5. The first kappa shape index (κ1) is 21.7. The molecule has 1 aliphatic rings. The van der Waals surface area contributed by atoms with Crippen molar-refractivity contribution in [2.24, 2.45) is 0 Å². The first-order valence-electron chi connectivity index (χ1n) is 8.88. The Morgan fingerprint density at radius 3 is 1.67 bits per heavy atom. The zero-order chi connectivity index (χ0) is 20.2. The van der Waals surface area contributed by atoms with Crippen LogP contribution in [0.5, 0.6) is 0 Å². The molecule has 2 aromatic rings. The minimum atomic E-state index is -3.92. The fourth-order valence-corrected chi connectivity index (χ4v) is 4.12. The van der Waals surface area contributed by atoms with Crippen LogP contribution in [-0.4, -0.2) is 46.9 Å². The van der Waals surface area contributed by atoms with E-state index in [0.717, 1.165) is 0 Å². The van der Waals surface area contributed by atoms with Crippen molar-refractivity contribution in [1.82, 2.24) is 0 Å². The molecule has 3 rings (SSSR count). The molecule has 0 spiro atoms. The molecule has 0 bridgehead atoms. The van der Waals surface area contributed by atoms with Gasteiger partial charge in [0.1, 0.15) is 11.4 Å². The highest BCUT2D eigenvalue weighted by Gasteiger charge is 2.18. The van der Waals surface area contributed by atoms with Gasteiger partial charge in [-0.25, -0.2) is 8.42 Å². The normalized spacial score (nSPS) is 12.7. The molecule has 0 unspecified atom stereocenters. The fourth-order valence-electron chi connectivity index (χ4n) is 2.56. The van der Waals surface area contributed by atoms with Crippen molar-refractivity contribution in [3.05, 3.63) is 36.4 Å². The third-order valence-electron chi connectivity index (χ3n) is 4.06. The molecule has 8 heteroatoms. The van der Waals surface area contributed by atoms with Crippen LogP contribution in [0.2, 0.25) is 0 Å². The van der Waals surface area contributed by atoms with Crippen molar-refractivity contribution in [3.63, 3.8) is 0 Å². The summed E-state index contributed by atoms with van der Waals surface area (Å²) >= 11 is 1.86. The summed E-state index contributed by atoms with van der Waals surface area (Å²) in [5.41, 5.74) is 5.04. The van der Waals surface area contributed by atoms with Crippen LogP contribution in [0.4, 0.5) is 22.7 Å². The minimum absolute atomic E-state index is 0.243. The topological polar surface area (TPSA) is 78.1 Å². The van der Waals surface area contributed by atoms with Crippen LogP contribution in [-0.2, 0) is 10.1 Å². The Labute approximate surface area is 166 Å². The summed E-state index contributed by atoms with van der Waals surface area (Å²) in [6.07, 6.45) is 0.409. The molecule has 0 aromatic heterocycles. The second kappa shape index (κ2) is 9.07. The van der Waals surface area contributed by atoms with Crippen LogP contribution < -0.4 is 15.1 Å². The van der Waals surface area contributed by atoms with Gasteiger partial charge in [0.05, 0.1) is 49.7 Å². The number of rotatable bonds is 4. The molecule has 1 heterocycles. The van der Waals surface area contributed by atoms with Crippen LogP contribution in [0.1, 0.15) is 13.3 Å². The van der Waals surface area contributed by atoms with Gasteiger partial charge in [0.2, 0.25) is 0 Å². The summed E-state index contributed by atoms with van der Waals surface area (Å²) in [7, 11) is 4.70. The number of quaternary nitrogens is 2. The van der Waals surface area contributed by atoms with E-state index in [1.807, 2.05) is 11.8 Å². The Morgan fingerprint density at radius 2 is 1.37 bits per heavy atom. The fraction of sp³-hybridized carbons (Fsp3) is 0.368. The zero-order valence-corrected chi connectivity index (χ0v) is 18.1. The molecule has 2 aromatic carbocycles. The summed E-state index contributed by atoms with van der Waals surface area (Å²) in [4.78, 5) is 5.32. The molecule has 0 saturated heterocycles. The van der Waals surface area contributed by atoms with Gasteiger partial charge in [0, 0.05) is 39.8 Å². The third-order valence-corrected chi connectivity index (χ3v) is 6.08. The largest absolute Gasteiger partial charge is 0.748 e. The summed E-state index contributed by atoms with van der Waals surface area (Å²) in [5.74, 6) is -0.243. The van der Waals surface area contributed by atoms with Gasteiger partial charge in [0.25, 0.3) is 0 Å². The maximum absolute atomic E-state index is 9.68. The van der Waals surface area contributed by atoms with E-state index in [1.165, 1.54) is 42.3 Å². The molecular weight excluding hydrogens is 382 g/mol. The standard InChI is InChI=1S/C16H19N3S.C3H8O3S/c1-18(2)11-5-7-13-15(9-11)20-16-10-12(19(3)4)6-8-14(16)17-13;1-2-3-7(4,5)6/h5-10,17H,1-4H3;2-3H2,1H3,(H,4,5,6)/p+1. The summed E-state index contributed by atoms with van der Waals surface area (Å²) in [6, 6.07) is 13.3. The van der Waals surface area contributed by atoms with Crippen molar-refractivity contribution < 1.29 is 22.8 Å². The maximum Gasteiger partial charge on any atom is 0.132 e. The van der Waals surface area contributed by atoms with Crippen LogP contribution in [0.15, 0.2) is 46.2 Å². The van der Waals surface area contributed by atoms with E-state index < -0.39 is 10.1 Å². The number of nitrogens with one attached hydrogen (secondary N) is 3. The second-order valence-electron chi connectivity index (χ2n) is 6.91. The van der Waals surface area contributed by atoms with E-state index in [9.17, 15) is 13.0 Å². The molecule has 0 atom stereocenters. The van der Waals surface area contributed by atoms with Gasteiger partial charge in [-0.1, -0.05) is 18.7 Å². The smallest absolute Gasteiger partial charge is 0.132 e. The van der Waals surface area contributed by atoms with Crippen molar-refractivity contribution in [3.8, 4) is 0 Å². The van der Waals surface area contributed by atoms with E-state index in [4.69, 9.17) is 0 Å². The molecule has 0 radical (unpaired) electrons. The predicted octanol–water partition coefficient (Wildman–Crippen LogP) is 1.39. The molecule has 0 aliphatic carbocycles. The summed E-state index contributed by atoms with van der Waals surface area (Å²) in [5, 5.41) is 3.53. The minimum Gasteiger partial charge on any atom is -0.748 e. The van der Waals surface area contributed by atoms with Gasteiger partial charge in [-0.05, 0) is 18.6 Å². The van der Waals surface area contributed by atoms with E-state index in [2.05, 4.69) is 69.9 Å². The molecule has 0 amide bonds. The van der Waals surface area contributed by atoms with Gasteiger partial charge in [-0.15, -0.1) is 0 Å².